The van der Waals surface area contributed by atoms with E-state index in [1.165, 1.54) is 22.9 Å². The summed E-state index contributed by atoms with van der Waals surface area (Å²) in [6.07, 6.45) is 9.44. The van der Waals surface area contributed by atoms with Gasteiger partial charge in [0.1, 0.15) is 0 Å². The van der Waals surface area contributed by atoms with E-state index in [-0.39, 0.29) is 0 Å². The molecule has 0 atom stereocenters. The highest BCUT2D eigenvalue weighted by Gasteiger charge is 2.19. The summed E-state index contributed by atoms with van der Waals surface area (Å²) < 4.78 is 1.20. The third kappa shape index (κ3) is 4.11. The van der Waals surface area contributed by atoms with E-state index in [4.69, 9.17) is 0 Å². The minimum Gasteiger partial charge on any atom is -0.314 e. The van der Waals surface area contributed by atoms with Gasteiger partial charge in [0.25, 0.3) is 0 Å². The maximum Gasteiger partial charge on any atom is 0.0210 e. The molecule has 86 valence electrons. The third-order valence-electron chi connectivity index (χ3n) is 2.78. The van der Waals surface area contributed by atoms with Crippen LogP contribution in [0.3, 0.4) is 0 Å². The Balaban J connectivity index is 1.65. The number of nitrogens with one attached hydrogen (secondary N) is 1. The molecule has 1 aromatic carbocycles. The second-order valence-electron chi connectivity index (χ2n) is 4.28. The molecule has 1 nitrogen and oxygen atoms in total. The molecule has 0 aromatic heterocycles. The summed E-state index contributed by atoms with van der Waals surface area (Å²) in [4.78, 5) is 0. The van der Waals surface area contributed by atoms with E-state index in [9.17, 15) is 0 Å². The molecule has 0 heterocycles. The Morgan fingerprint density at radius 3 is 2.81 bits per heavy atom. The summed E-state index contributed by atoms with van der Waals surface area (Å²) in [5, 5.41) is 3.51. The largest absolute Gasteiger partial charge is 0.314 e. The van der Waals surface area contributed by atoms with Crippen LogP contribution in [0.4, 0.5) is 0 Å². The molecule has 0 saturated heterocycles. The average molecular weight is 280 g/mol. The molecule has 0 amide bonds. The molecule has 0 spiro atoms. The fourth-order valence-electron chi connectivity index (χ4n) is 1.65. The van der Waals surface area contributed by atoms with Crippen LogP contribution >= 0.6 is 15.9 Å². The van der Waals surface area contributed by atoms with Gasteiger partial charge < -0.3 is 5.32 Å². The Hall–Kier alpha value is -0.600. The van der Waals surface area contributed by atoms with Crippen LogP contribution in [0.5, 0.6) is 0 Å². The highest BCUT2D eigenvalue weighted by molar-refractivity contribution is 9.10. The zero-order valence-corrected chi connectivity index (χ0v) is 11.0. The molecule has 1 aromatic rings. The van der Waals surface area contributed by atoms with Crippen molar-refractivity contribution in [2.75, 3.05) is 6.54 Å². The van der Waals surface area contributed by atoms with Crippen LogP contribution in [0, 0.1) is 0 Å². The number of halogens is 1. The molecular formula is C14H18BrN. The third-order valence-corrected chi connectivity index (χ3v) is 3.56. The molecule has 2 rings (SSSR count). The number of benzene rings is 1. The molecule has 2 heteroatoms. The van der Waals surface area contributed by atoms with Crippen molar-refractivity contribution in [1.29, 1.82) is 0 Å². The van der Waals surface area contributed by atoms with Crippen molar-refractivity contribution in [3.63, 3.8) is 0 Å². The van der Waals surface area contributed by atoms with E-state index >= 15 is 0 Å². The maximum absolute atomic E-state index is 3.56. The van der Waals surface area contributed by atoms with Crippen molar-refractivity contribution in [1.82, 2.24) is 5.32 Å². The zero-order chi connectivity index (χ0) is 11.2. The lowest BCUT2D eigenvalue weighted by atomic mass is 10.1. The summed E-state index contributed by atoms with van der Waals surface area (Å²) in [7, 11) is 0. The van der Waals surface area contributed by atoms with E-state index in [0.717, 1.165) is 25.4 Å². The number of hydrogen-bond donors (Lipinski definition) is 1. The minimum atomic E-state index is 0.830. The molecule has 1 saturated carbocycles. The lowest BCUT2D eigenvalue weighted by Gasteiger charge is -2.00. The molecule has 1 N–H and O–H groups in total. The molecular weight excluding hydrogens is 262 g/mol. The van der Waals surface area contributed by atoms with Gasteiger partial charge in [-0.2, -0.15) is 0 Å². The van der Waals surface area contributed by atoms with Crippen molar-refractivity contribution in [2.45, 2.75) is 31.7 Å². The standard InChI is InChI=1S/C14H18BrN/c15-14-8-4-3-7-12(14)6-2-1-5-11-16-13-9-10-13/h1-4,7-8,13,16H,5-6,9-11H2. The minimum absolute atomic E-state index is 0.830. The highest BCUT2D eigenvalue weighted by atomic mass is 79.9. The first-order valence-electron chi connectivity index (χ1n) is 5.98. The van der Waals surface area contributed by atoms with E-state index in [2.05, 4.69) is 57.7 Å². The molecule has 16 heavy (non-hydrogen) atoms. The Kier molecular flexibility index (Phi) is 4.61. The molecule has 1 fully saturated rings. The van der Waals surface area contributed by atoms with Gasteiger partial charge in [0.05, 0.1) is 0 Å². The summed E-state index contributed by atoms with van der Waals surface area (Å²) in [5.74, 6) is 0. The number of allylic oxidation sites excluding steroid dienone is 1. The normalized spacial score (nSPS) is 15.8. The molecule has 0 radical (unpaired) electrons. The van der Waals surface area contributed by atoms with Gasteiger partial charge in [-0.1, -0.05) is 46.3 Å². The first-order valence-corrected chi connectivity index (χ1v) is 6.77. The van der Waals surface area contributed by atoms with Gasteiger partial charge in [0.15, 0.2) is 0 Å². The molecule has 0 unspecified atom stereocenters. The summed E-state index contributed by atoms with van der Waals surface area (Å²) in [6.45, 7) is 1.12. The van der Waals surface area contributed by atoms with Gasteiger partial charge in [-0.3, -0.25) is 0 Å². The summed E-state index contributed by atoms with van der Waals surface area (Å²) in [5.41, 5.74) is 1.36. The van der Waals surface area contributed by atoms with Crippen molar-refractivity contribution in [3.8, 4) is 0 Å². The maximum atomic E-state index is 3.56. The predicted octanol–water partition coefficient (Wildman–Crippen LogP) is 3.69. The topological polar surface area (TPSA) is 12.0 Å². The van der Waals surface area contributed by atoms with Crippen LogP contribution in [-0.4, -0.2) is 12.6 Å². The SMILES string of the molecule is Brc1ccccc1CC=CCCNC1CC1. The van der Waals surface area contributed by atoms with Gasteiger partial charge in [-0.15, -0.1) is 0 Å². The van der Waals surface area contributed by atoms with Gasteiger partial charge in [0.2, 0.25) is 0 Å². The Labute approximate surface area is 106 Å². The number of rotatable bonds is 6. The lowest BCUT2D eigenvalue weighted by Crippen LogP contribution is -2.16. The van der Waals surface area contributed by atoms with Crippen LogP contribution in [0.25, 0.3) is 0 Å². The van der Waals surface area contributed by atoms with Crippen molar-refractivity contribution in [2.24, 2.45) is 0 Å². The predicted molar refractivity (Wildman–Crippen MR) is 72.6 cm³/mol. The van der Waals surface area contributed by atoms with E-state index in [0.29, 0.717) is 0 Å². The quantitative estimate of drug-likeness (QED) is 0.619. The number of hydrogen-bond acceptors (Lipinski definition) is 1. The molecule has 1 aliphatic rings. The Morgan fingerprint density at radius 1 is 1.25 bits per heavy atom. The first-order chi connectivity index (χ1) is 7.86. The fraction of sp³-hybridized carbons (Fsp3) is 0.429. The van der Waals surface area contributed by atoms with E-state index in [1.807, 2.05) is 0 Å². The van der Waals surface area contributed by atoms with Crippen LogP contribution in [0.2, 0.25) is 0 Å². The Bertz CT molecular complexity index is 356. The second kappa shape index (κ2) is 6.21. The smallest absolute Gasteiger partial charge is 0.0210 e. The summed E-state index contributed by atoms with van der Waals surface area (Å²) >= 11 is 3.56. The van der Waals surface area contributed by atoms with Crippen LogP contribution in [0.1, 0.15) is 24.8 Å². The van der Waals surface area contributed by atoms with Gasteiger partial charge in [-0.25, -0.2) is 0 Å². The van der Waals surface area contributed by atoms with Gasteiger partial charge >= 0.3 is 0 Å². The monoisotopic (exact) mass is 279 g/mol. The van der Waals surface area contributed by atoms with Crippen LogP contribution in [0.15, 0.2) is 40.9 Å². The molecule has 0 aliphatic heterocycles. The average Bonchev–Trinajstić information content (AvgIpc) is 3.09. The zero-order valence-electron chi connectivity index (χ0n) is 9.45. The first kappa shape index (κ1) is 11.9. The van der Waals surface area contributed by atoms with E-state index < -0.39 is 0 Å². The van der Waals surface area contributed by atoms with Crippen molar-refractivity contribution in [3.05, 3.63) is 46.5 Å². The molecule has 0 bridgehead atoms. The van der Waals surface area contributed by atoms with Crippen LogP contribution in [-0.2, 0) is 6.42 Å². The lowest BCUT2D eigenvalue weighted by molar-refractivity contribution is 0.690. The fourth-order valence-corrected chi connectivity index (χ4v) is 2.10. The van der Waals surface area contributed by atoms with Crippen LogP contribution < -0.4 is 5.32 Å². The van der Waals surface area contributed by atoms with Gasteiger partial charge in [0, 0.05) is 10.5 Å². The second-order valence-corrected chi connectivity index (χ2v) is 5.14. The van der Waals surface area contributed by atoms with Gasteiger partial charge in [-0.05, 0) is 43.9 Å². The van der Waals surface area contributed by atoms with E-state index in [1.54, 1.807) is 0 Å². The Morgan fingerprint density at radius 2 is 2.06 bits per heavy atom. The van der Waals surface area contributed by atoms with Crippen molar-refractivity contribution < 1.29 is 0 Å². The van der Waals surface area contributed by atoms with Crippen molar-refractivity contribution >= 4 is 15.9 Å². The molecule has 1 aliphatic carbocycles. The highest BCUT2D eigenvalue weighted by Crippen LogP contribution is 2.18. The summed E-state index contributed by atoms with van der Waals surface area (Å²) in [6, 6.07) is 9.23.